The summed E-state index contributed by atoms with van der Waals surface area (Å²) in [6.45, 7) is 9.97. The second-order valence-electron chi connectivity index (χ2n) is 10.0. The van der Waals surface area contributed by atoms with Gasteiger partial charge >= 0.3 is 6.09 Å². The van der Waals surface area contributed by atoms with Gasteiger partial charge in [0.1, 0.15) is 17.7 Å². The maximum Gasteiger partial charge on any atom is 0.408 e. The van der Waals surface area contributed by atoms with Crippen molar-refractivity contribution >= 4 is 29.7 Å². The number of hydrogen-bond donors (Lipinski definition) is 2. The molecule has 0 heterocycles. The van der Waals surface area contributed by atoms with E-state index in [4.69, 9.17) is 4.74 Å². The molecule has 0 aliphatic rings. The molecular weight excluding hydrogens is 486 g/mol. The summed E-state index contributed by atoms with van der Waals surface area (Å²) < 4.78 is 5.43. The van der Waals surface area contributed by atoms with Gasteiger partial charge in [0, 0.05) is 13.1 Å². The van der Waals surface area contributed by atoms with E-state index in [-0.39, 0.29) is 11.8 Å². The highest BCUT2D eigenvalue weighted by Crippen LogP contribution is 2.25. The average Bonchev–Trinajstić information content (AvgIpc) is 2.84. The zero-order valence-corrected chi connectivity index (χ0v) is 23.7. The quantitative estimate of drug-likeness (QED) is 0.394. The molecule has 2 aromatic rings. The first kappa shape index (κ1) is 30.2. The van der Waals surface area contributed by atoms with Crippen LogP contribution in [0.2, 0.25) is 0 Å². The second kappa shape index (κ2) is 14.7. The maximum atomic E-state index is 14.0. The van der Waals surface area contributed by atoms with Gasteiger partial charge in [-0.05, 0) is 63.7 Å². The lowest BCUT2D eigenvalue weighted by molar-refractivity contribution is -0.142. The highest BCUT2D eigenvalue weighted by molar-refractivity contribution is 7.98. The number of nitrogens with one attached hydrogen (secondary N) is 2. The highest BCUT2D eigenvalue weighted by Gasteiger charge is 2.35. The first-order valence-corrected chi connectivity index (χ1v) is 14.1. The number of alkyl carbamates (subject to hydrolysis) is 1. The molecule has 0 aliphatic heterocycles. The molecule has 0 spiro atoms. The van der Waals surface area contributed by atoms with Crippen molar-refractivity contribution in [2.75, 3.05) is 18.6 Å². The Kier molecular flexibility index (Phi) is 12.0. The van der Waals surface area contributed by atoms with Gasteiger partial charge in [0.15, 0.2) is 0 Å². The van der Waals surface area contributed by atoms with Crippen LogP contribution < -0.4 is 10.6 Å². The molecule has 0 radical (unpaired) electrons. The molecular formula is C29H41N3O4S. The van der Waals surface area contributed by atoms with Gasteiger partial charge in [0.25, 0.3) is 0 Å². The number of ether oxygens (including phenoxy) is 1. The van der Waals surface area contributed by atoms with Crippen LogP contribution in [0.5, 0.6) is 0 Å². The molecule has 0 saturated carbocycles. The minimum Gasteiger partial charge on any atom is -0.444 e. The zero-order valence-electron chi connectivity index (χ0n) is 22.9. The molecule has 2 unspecified atom stereocenters. The molecule has 2 rings (SSSR count). The minimum atomic E-state index is -0.840. The van der Waals surface area contributed by atoms with Gasteiger partial charge in [-0.1, -0.05) is 67.1 Å². The van der Waals surface area contributed by atoms with Crippen LogP contribution in [0.1, 0.15) is 63.3 Å². The van der Waals surface area contributed by atoms with Crippen molar-refractivity contribution in [2.45, 2.75) is 71.7 Å². The molecule has 0 aliphatic carbocycles. The number of benzene rings is 2. The summed E-state index contributed by atoms with van der Waals surface area (Å²) in [6.07, 6.45) is 2.38. The number of rotatable bonds is 12. The molecule has 202 valence electrons. The standard InChI is InChI=1S/C29H41N3O4S/c1-7-17-32(27(34)24(16-18-37-6)31-28(35)36-29(3,4)5)25(23-15-11-12-21(2)19-23)26(33)30-20-22-13-9-8-10-14-22/h8-15,19,24-25H,7,16-18,20H2,1-6H3,(H,30,33)(H,31,35). The Morgan fingerprint density at radius 3 is 2.35 bits per heavy atom. The van der Waals surface area contributed by atoms with Crippen LogP contribution in [0, 0.1) is 6.92 Å². The lowest BCUT2D eigenvalue weighted by Gasteiger charge is -2.34. The smallest absolute Gasteiger partial charge is 0.408 e. The highest BCUT2D eigenvalue weighted by atomic mass is 32.2. The molecule has 2 N–H and O–H groups in total. The molecule has 0 aromatic heterocycles. The maximum absolute atomic E-state index is 14.0. The fraction of sp³-hybridized carbons (Fsp3) is 0.483. The van der Waals surface area contributed by atoms with Crippen molar-refractivity contribution in [1.29, 1.82) is 0 Å². The van der Waals surface area contributed by atoms with E-state index >= 15 is 0 Å². The third-order valence-corrected chi connectivity index (χ3v) is 6.22. The van der Waals surface area contributed by atoms with E-state index in [0.29, 0.717) is 31.7 Å². The predicted molar refractivity (Wildman–Crippen MR) is 150 cm³/mol. The Labute approximate surface area is 225 Å². The molecule has 0 saturated heterocycles. The van der Waals surface area contributed by atoms with Gasteiger partial charge in [0.05, 0.1) is 0 Å². The summed E-state index contributed by atoms with van der Waals surface area (Å²) in [5.74, 6) is 0.0989. The number of nitrogens with zero attached hydrogens (tertiary/aromatic N) is 1. The summed E-state index contributed by atoms with van der Waals surface area (Å²) in [5.41, 5.74) is 2.00. The van der Waals surface area contributed by atoms with Crippen LogP contribution in [0.25, 0.3) is 0 Å². The minimum absolute atomic E-state index is 0.267. The van der Waals surface area contributed by atoms with Crippen LogP contribution in [0.4, 0.5) is 4.79 Å². The SMILES string of the molecule is CCCN(C(=O)C(CCSC)NC(=O)OC(C)(C)C)C(C(=O)NCc1ccccc1)c1cccc(C)c1. The van der Waals surface area contributed by atoms with E-state index in [1.54, 1.807) is 37.4 Å². The number of aryl methyl sites for hydroxylation is 1. The molecule has 7 nitrogen and oxygen atoms in total. The van der Waals surface area contributed by atoms with Crippen LogP contribution in [-0.4, -0.2) is 53.0 Å². The molecule has 8 heteroatoms. The first-order chi connectivity index (χ1) is 17.6. The van der Waals surface area contributed by atoms with E-state index in [0.717, 1.165) is 16.7 Å². The van der Waals surface area contributed by atoms with E-state index in [9.17, 15) is 14.4 Å². The lowest BCUT2D eigenvalue weighted by atomic mass is 10.00. The van der Waals surface area contributed by atoms with Crippen molar-refractivity contribution in [1.82, 2.24) is 15.5 Å². The van der Waals surface area contributed by atoms with Gasteiger partial charge in [0.2, 0.25) is 11.8 Å². The largest absolute Gasteiger partial charge is 0.444 e. The Morgan fingerprint density at radius 1 is 1.05 bits per heavy atom. The van der Waals surface area contributed by atoms with Gasteiger partial charge in [-0.25, -0.2) is 4.79 Å². The van der Waals surface area contributed by atoms with Gasteiger partial charge < -0.3 is 20.3 Å². The number of thioether (sulfide) groups is 1. The Morgan fingerprint density at radius 2 is 1.76 bits per heavy atom. The third kappa shape index (κ3) is 10.1. The summed E-state index contributed by atoms with van der Waals surface area (Å²) >= 11 is 1.59. The van der Waals surface area contributed by atoms with Crippen molar-refractivity contribution in [3.63, 3.8) is 0 Å². The van der Waals surface area contributed by atoms with Crippen molar-refractivity contribution in [3.8, 4) is 0 Å². The third-order valence-electron chi connectivity index (χ3n) is 5.57. The summed E-state index contributed by atoms with van der Waals surface area (Å²) in [7, 11) is 0. The van der Waals surface area contributed by atoms with Crippen molar-refractivity contribution < 1.29 is 19.1 Å². The van der Waals surface area contributed by atoms with E-state index in [1.165, 1.54) is 0 Å². The summed E-state index contributed by atoms with van der Waals surface area (Å²) in [6, 6.07) is 15.7. The van der Waals surface area contributed by atoms with E-state index in [2.05, 4.69) is 10.6 Å². The second-order valence-corrected chi connectivity index (χ2v) is 11.0. The fourth-order valence-corrected chi connectivity index (χ4v) is 4.42. The van der Waals surface area contributed by atoms with E-state index < -0.39 is 23.8 Å². The van der Waals surface area contributed by atoms with Gasteiger partial charge in [-0.15, -0.1) is 0 Å². The molecule has 0 bridgehead atoms. The average molecular weight is 528 g/mol. The lowest BCUT2D eigenvalue weighted by Crippen LogP contribution is -2.53. The normalized spacial score (nSPS) is 12.8. The molecule has 3 amide bonds. The monoisotopic (exact) mass is 527 g/mol. The number of carbonyl (C=O) groups is 3. The molecule has 2 atom stereocenters. The Balaban J connectivity index is 2.40. The number of amides is 3. The Hall–Kier alpha value is -3.00. The predicted octanol–water partition coefficient (Wildman–Crippen LogP) is 5.24. The van der Waals surface area contributed by atoms with Crippen LogP contribution in [0.15, 0.2) is 54.6 Å². The van der Waals surface area contributed by atoms with Crippen LogP contribution in [-0.2, 0) is 20.9 Å². The van der Waals surface area contributed by atoms with E-state index in [1.807, 2.05) is 74.7 Å². The Bertz CT molecular complexity index is 1020. The summed E-state index contributed by atoms with van der Waals surface area (Å²) in [5, 5.41) is 5.78. The topological polar surface area (TPSA) is 87.7 Å². The van der Waals surface area contributed by atoms with Gasteiger partial charge in [-0.2, -0.15) is 11.8 Å². The van der Waals surface area contributed by atoms with Crippen molar-refractivity contribution in [2.24, 2.45) is 0 Å². The number of carbonyl (C=O) groups excluding carboxylic acids is 3. The number of hydrogen-bond acceptors (Lipinski definition) is 5. The fourth-order valence-electron chi connectivity index (χ4n) is 3.95. The molecule has 37 heavy (non-hydrogen) atoms. The first-order valence-electron chi connectivity index (χ1n) is 12.7. The van der Waals surface area contributed by atoms with Crippen LogP contribution in [0.3, 0.4) is 0 Å². The van der Waals surface area contributed by atoms with Gasteiger partial charge in [-0.3, -0.25) is 9.59 Å². The summed E-state index contributed by atoms with van der Waals surface area (Å²) in [4.78, 5) is 41.9. The molecule has 0 fully saturated rings. The van der Waals surface area contributed by atoms with Crippen LogP contribution >= 0.6 is 11.8 Å². The van der Waals surface area contributed by atoms with Crippen molar-refractivity contribution in [3.05, 3.63) is 71.3 Å². The molecule has 2 aromatic carbocycles. The zero-order chi connectivity index (χ0) is 27.4.